The summed E-state index contributed by atoms with van der Waals surface area (Å²) in [6.07, 6.45) is -1.25. The number of nitrogens with zero attached hydrogens (tertiary/aromatic N) is 3. The number of aromatic amines is 1. The Morgan fingerprint density at radius 1 is 0.947 bits per heavy atom. The Labute approximate surface area is 330 Å². The van der Waals surface area contributed by atoms with E-state index in [0.29, 0.717) is 17.1 Å². The number of ether oxygens (including phenoxy) is 1. The largest absolute Gasteiger partial charge is 0.480 e. The molecule has 0 aliphatic rings. The summed E-state index contributed by atoms with van der Waals surface area (Å²) >= 11 is 0. The van der Waals surface area contributed by atoms with E-state index in [1.807, 2.05) is 0 Å². The maximum Gasteiger partial charge on any atom is 0.326 e. The van der Waals surface area contributed by atoms with Crippen LogP contribution in [0.2, 0.25) is 0 Å². The van der Waals surface area contributed by atoms with Crippen molar-refractivity contribution in [1.29, 1.82) is 0 Å². The minimum absolute atomic E-state index is 0.0101. The summed E-state index contributed by atoms with van der Waals surface area (Å²) in [7, 11) is 3.81. The van der Waals surface area contributed by atoms with Gasteiger partial charge in [0.25, 0.3) is 17.9 Å². The smallest absolute Gasteiger partial charge is 0.326 e. The second-order valence-corrected chi connectivity index (χ2v) is 14.2. The minimum Gasteiger partial charge on any atom is -0.480 e. The van der Waals surface area contributed by atoms with Crippen LogP contribution in [0, 0.1) is 0 Å². The van der Waals surface area contributed by atoms with E-state index in [2.05, 4.69) is 51.8 Å². The number of aliphatic carboxylic acids is 2. The lowest BCUT2D eigenvalue weighted by Crippen LogP contribution is -2.51. The molecule has 11 N–H and O–H groups in total. The van der Waals surface area contributed by atoms with Crippen LogP contribution in [0.25, 0.3) is 11.2 Å². The highest BCUT2D eigenvalue weighted by atomic mass is 33.1. The van der Waals surface area contributed by atoms with E-state index in [-0.39, 0.29) is 60.2 Å². The zero-order valence-electron chi connectivity index (χ0n) is 30.1. The number of hydrogen-bond acceptors (Lipinski definition) is 17. The van der Waals surface area contributed by atoms with Gasteiger partial charge in [0.15, 0.2) is 17.4 Å². The second-order valence-electron chi connectivity index (χ2n) is 11.6. The lowest BCUT2D eigenvalue weighted by molar-refractivity contribution is -0.144. The van der Waals surface area contributed by atoms with E-state index in [1.165, 1.54) is 36.2 Å². The van der Waals surface area contributed by atoms with Crippen molar-refractivity contribution in [2.75, 3.05) is 36.1 Å². The minimum atomic E-state index is -1.76. The zero-order chi connectivity index (χ0) is 41.9. The molecule has 3 unspecified atom stereocenters. The third-order valence-electron chi connectivity index (χ3n) is 7.35. The van der Waals surface area contributed by atoms with Crippen molar-refractivity contribution < 1.29 is 53.3 Å². The van der Waals surface area contributed by atoms with Gasteiger partial charge in [-0.15, -0.1) is 0 Å². The van der Waals surface area contributed by atoms with Crippen molar-refractivity contribution in [2.24, 2.45) is 0 Å². The fraction of sp³-hybridized carbons (Fsp3) is 0.375. The molecule has 0 radical (unpaired) electrons. The summed E-state index contributed by atoms with van der Waals surface area (Å²) in [5.41, 5.74) is 6.21. The predicted octanol–water partition coefficient (Wildman–Crippen LogP) is -1.92. The van der Waals surface area contributed by atoms with Gasteiger partial charge in [0.05, 0.1) is 24.9 Å². The van der Waals surface area contributed by atoms with Crippen LogP contribution in [0.1, 0.15) is 41.7 Å². The zero-order valence-corrected chi connectivity index (χ0v) is 31.7. The van der Waals surface area contributed by atoms with Crippen molar-refractivity contribution >= 4 is 92.3 Å². The Balaban J connectivity index is 1.51. The molecular formula is C32H39N11O12S2. The van der Waals surface area contributed by atoms with Crippen LogP contribution in [-0.4, -0.2) is 122 Å². The van der Waals surface area contributed by atoms with Crippen molar-refractivity contribution in [1.82, 2.24) is 46.5 Å². The molecule has 306 valence electrons. The molecule has 0 fully saturated rings. The summed E-state index contributed by atoms with van der Waals surface area (Å²) in [5, 5.41) is 33.2. The van der Waals surface area contributed by atoms with Gasteiger partial charge in [0.2, 0.25) is 29.6 Å². The Kier molecular flexibility index (Phi) is 17.9. The van der Waals surface area contributed by atoms with E-state index in [9.17, 15) is 48.3 Å². The number of hydrogen-bond donors (Lipinski definition) is 10. The fourth-order valence-electron chi connectivity index (χ4n) is 4.53. The molecule has 0 saturated carbocycles. The predicted molar refractivity (Wildman–Crippen MR) is 204 cm³/mol. The maximum atomic E-state index is 12.9. The highest BCUT2D eigenvalue weighted by molar-refractivity contribution is 8.76. The molecule has 0 spiro atoms. The number of anilines is 2. The molecular weight excluding hydrogens is 795 g/mol. The number of fused-ring (bicyclic) bond motifs is 1. The Morgan fingerprint density at radius 2 is 1.67 bits per heavy atom. The van der Waals surface area contributed by atoms with Crippen LogP contribution in [-0.2, 0) is 44.8 Å². The van der Waals surface area contributed by atoms with E-state index in [0.717, 1.165) is 10.8 Å². The summed E-state index contributed by atoms with van der Waals surface area (Å²) in [6.45, 7) is -0.524. The SMILES string of the molecule is CNC(=O)CCSSCC(NC(=O)CC(NC(=O)CCC(NC(=O)c1ccc(NCc2cnc3nc(N)[nH]c(=O)c3n2)cc1)OC=O)C(=O)O)C(=O)NCC(=O)O. The lowest BCUT2D eigenvalue weighted by atomic mass is 10.1. The fourth-order valence-corrected chi connectivity index (χ4v) is 6.68. The first-order chi connectivity index (χ1) is 27.2. The van der Waals surface area contributed by atoms with Gasteiger partial charge in [-0.05, 0) is 24.3 Å². The number of carbonyl (C=O) groups excluding carboxylic acids is 6. The Morgan fingerprint density at radius 3 is 2.33 bits per heavy atom. The van der Waals surface area contributed by atoms with Gasteiger partial charge in [-0.3, -0.25) is 43.3 Å². The molecule has 23 nitrogen and oxygen atoms in total. The number of benzene rings is 1. The third kappa shape index (κ3) is 15.6. The molecule has 2 heterocycles. The third-order valence-corrected chi connectivity index (χ3v) is 9.77. The van der Waals surface area contributed by atoms with E-state index < -0.39 is 78.8 Å². The molecule has 5 amide bonds. The number of nitrogens with one attached hydrogen (secondary N) is 7. The summed E-state index contributed by atoms with van der Waals surface area (Å²) in [4.78, 5) is 123. The number of nitrogens with two attached hydrogens (primary N) is 1. The van der Waals surface area contributed by atoms with E-state index in [4.69, 9.17) is 15.6 Å². The summed E-state index contributed by atoms with van der Waals surface area (Å²) in [6, 6.07) is 3.02. The maximum absolute atomic E-state index is 12.9. The molecule has 1 aromatic carbocycles. The summed E-state index contributed by atoms with van der Waals surface area (Å²) < 4.78 is 4.89. The molecule has 0 saturated heterocycles. The molecule has 25 heteroatoms. The molecule has 0 aliphatic carbocycles. The van der Waals surface area contributed by atoms with Crippen LogP contribution in [0.3, 0.4) is 0 Å². The van der Waals surface area contributed by atoms with Crippen molar-refractivity contribution in [2.45, 2.75) is 50.5 Å². The van der Waals surface area contributed by atoms with Gasteiger partial charge in [-0.1, -0.05) is 21.6 Å². The van der Waals surface area contributed by atoms with Crippen LogP contribution in [0.4, 0.5) is 11.6 Å². The normalized spacial score (nSPS) is 12.2. The number of rotatable bonds is 24. The number of carbonyl (C=O) groups is 8. The number of carboxylic acids is 2. The number of carboxylic acid groups (broad SMARTS) is 2. The van der Waals surface area contributed by atoms with Crippen molar-refractivity contribution in [3.63, 3.8) is 0 Å². The van der Waals surface area contributed by atoms with E-state index in [1.54, 1.807) is 12.1 Å². The van der Waals surface area contributed by atoms with Gasteiger partial charge in [0.1, 0.15) is 18.6 Å². The van der Waals surface area contributed by atoms with Gasteiger partial charge in [0, 0.05) is 49.1 Å². The van der Waals surface area contributed by atoms with Crippen LogP contribution < -0.4 is 43.2 Å². The molecule has 3 rings (SSSR count). The summed E-state index contributed by atoms with van der Waals surface area (Å²) in [5.74, 6) is -6.27. The Bertz CT molecular complexity index is 2000. The molecule has 0 aliphatic heterocycles. The second kappa shape index (κ2) is 22.8. The first kappa shape index (κ1) is 44.9. The number of H-pyrrole nitrogens is 1. The van der Waals surface area contributed by atoms with Crippen LogP contribution in [0.5, 0.6) is 0 Å². The topological polar surface area (TPSA) is 356 Å². The highest BCUT2D eigenvalue weighted by Gasteiger charge is 2.28. The van der Waals surface area contributed by atoms with Crippen molar-refractivity contribution in [3.05, 3.63) is 52.1 Å². The average Bonchev–Trinajstić information content (AvgIpc) is 3.17. The van der Waals surface area contributed by atoms with Gasteiger partial charge in [-0.2, -0.15) is 4.98 Å². The molecule has 2 aromatic heterocycles. The standard InChI is InChI=1S/C32H39N11O12S2/c1-34-21(45)8-9-56-57-14-20(29(51)37-13-25(48)49)40-23(47)10-19(31(53)54)39-22(46)6-7-24(55-15-44)41-28(50)16-2-4-17(5-3-16)35-11-18-12-36-27-26(38-18)30(52)43-32(33)42-27/h2-5,12,15,19-20,24,35H,6-11,13-14H2,1H3,(H,34,45)(H,37,51)(H,39,46)(H,40,47)(H,41,50)(H,48,49)(H,53,54)(H3,33,36,42,43,52). The number of aromatic nitrogens is 4. The van der Waals surface area contributed by atoms with Gasteiger partial charge < -0.3 is 52.6 Å². The molecule has 0 bridgehead atoms. The van der Waals surface area contributed by atoms with Crippen LogP contribution >= 0.6 is 21.6 Å². The van der Waals surface area contributed by atoms with E-state index >= 15 is 0 Å². The molecule has 3 aromatic rings. The molecule has 57 heavy (non-hydrogen) atoms. The quantitative estimate of drug-likeness (QED) is 0.0203. The lowest BCUT2D eigenvalue weighted by Gasteiger charge is -2.20. The first-order valence-electron chi connectivity index (χ1n) is 16.7. The molecule has 3 atom stereocenters. The van der Waals surface area contributed by atoms with Gasteiger partial charge in [-0.25, -0.2) is 14.8 Å². The van der Waals surface area contributed by atoms with Crippen molar-refractivity contribution in [3.8, 4) is 0 Å². The average molecular weight is 834 g/mol. The van der Waals surface area contributed by atoms with Gasteiger partial charge >= 0.3 is 11.9 Å². The monoisotopic (exact) mass is 833 g/mol. The highest BCUT2D eigenvalue weighted by Crippen LogP contribution is 2.23. The number of nitrogen functional groups attached to an aromatic ring is 1. The Hall–Kier alpha value is -6.50. The first-order valence-corrected chi connectivity index (χ1v) is 19.2. The number of amides is 5. The van der Waals surface area contributed by atoms with Crippen LogP contribution in [0.15, 0.2) is 35.3 Å².